The van der Waals surface area contributed by atoms with Gasteiger partial charge in [0.15, 0.2) is 0 Å². The Kier molecular flexibility index (Phi) is 9.66. The molecule has 7 rings (SSSR count). The summed E-state index contributed by atoms with van der Waals surface area (Å²) >= 11 is 0. The van der Waals surface area contributed by atoms with Gasteiger partial charge in [0, 0.05) is 92.3 Å². The third-order valence-electron chi connectivity index (χ3n) is 9.74. The number of hydrogen-bond donors (Lipinski definition) is 0. The van der Waals surface area contributed by atoms with E-state index in [0.29, 0.717) is 59.0 Å². The number of fused-ring (bicyclic) bond motifs is 2. The van der Waals surface area contributed by atoms with Crippen LogP contribution in [0.2, 0.25) is 0 Å². The lowest BCUT2D eigenvalue weighted by Gasteiger charge is -2.39. The van der Waals surface area contributed by atoms with Crippen molar-refractivity contribution >= 4 is 58.9 Å². The van der Waals surface area contributed by atoms with E-state index in [0.717, 1.165) is 5.69 Å². The molecule has 1 saturated heterocycles. The monoisotopic (exact) mass is 734 g/mol. The first-order valence-corrected chi connectivity index (χ1v) is 19.7. The molecule has 1 aliphatic heterocycles. The normalized spacial score (nSPS) is 14.5. The van der Waals surface area contributed by atoms with Gasteiger partial charge in [-0.3, -0.25) is 19.1 Å². The van der Waals surface area contributed by atoms with E-state index in [1.165, 1.54) is 22.7 Å². The van der Waals surface area contributed by atoms with Gasteiger partial charge in [-0.1, -0.05) is 54.6 Å². The molecule has 1 amide bonds. The van der Waals surface area contributed by atoms with Gasteiger partial charge < -0.3 is 9.80 Å². The molecule has 266 valence electrons. The van der Waals surface area contributed by atoms with Gasteiger partial charge in [0.2, 0.25) is 15.9 Å². The highest BCUT2D eigenvalue weighted by atomic mass is 32.2. The standard InChI is InChI=1S/C39H38N6O5S2/c1-42(51(47,48)37-12-6-8-30-27-40-20-18-34(30)37)32-16-14-29(15-17-32)26-36(39(46)45-24-22-44(23-25-45)33-10-4-3-5-11-33)43(2)52(49,50)38-13-7-9-31-28-41-21-19-35(31)38/h3-21,27-28,36H,22-26H2,1-2H3/t36-/m0/s1. The first-order valence-electron chi connectivity index (χ1n) is 16.9. The van der Waals surface area contributed by atoms with Crippen LogP contribution in [0, 0.1) is 0 Å². The molecule has 52 heavy (non-hydrogen) atoms. The number of carbonyl (C=O) groups excluding carboxylic acids is 1. The molecular weight excluding hydrogens is 697 g/mol. The number of piperazine rings is 1. The van der Waals surface area contributed by atoms with E-state index in [-0.39, 0.29) is 22.1 Å². The van der Waals surface area contributed by atoms with Crippen LogP contribution in [0.5, 0.6) is 0 Å². The van der Waals surface area contributed by atoms with Gasteiger partial charge in [0.05, 0.1) is 15.5 Å². The molecular formula is C39H38N6O5S2. The van der Waals surface area contributed by atoms with Crippen molar-refractivity contribution in [3.8, 4) is 0 Å². The van der Waals surface area contributed by atoms with Crippen molar-refractivity contribution in [1.82, 2.24) is 19.2 Å². The molecule has 0 radical (unpaired) electrons. The molecule has 1 atom stereocenters. The number of amides is 1. The van der Waals surface area contributed by atoms with Gasteiger partial charge in [-0.05, 0) is 60.5 Å². The van der Waals surface area contributed by atoms with Crippen molar-refractivity contribution in [2.75, 3.05) is 49.5 Å². The van der Waals surface area contributed by atoms with Gasteiger partial charge in [0.1, 0.15) is 6.04 Å². The molecule has 13 heteroatoms. The van der Waals surface area contributed by atoms with Crippen molar-refractivity contribution in [1.29, 1.82) is 0 Å². The van der Waals surface area contributed by atoms with Crippen molar-refractivity contribution in [3.63, 3.8) is 0 Å². The second-order valence-electron chi connectivity index (χ2n) is 12.7. The summed E-state index contributed by atoms with van der Waals surface area (Å²) in [6.45, 7) is 2.09. The van der Waals surface area contributed by atoms with Gasteiger partial charge in [0.25, 0.3) is 10.0 Å². The predicted octanol–water partition coefficient (Wildman–Crippen LogP) is 5.19. The number of para-hydroxylation sites is 1. The maximum absolute atomic E-state index is 14.4. The second kappa shape index (κ2) is 14.3. The lowest BCUT2D eigenvalue weighted by atomic mass is 10.0. The minimum atomic E-state index is -4.16. The fourth-order valence-corrected chi connectivity index (χ4v) is 9.65. The highest BCUT2D eigenvalue weighted by molar-refractivity contribution is 7.93. The third kappa shape index (κ3) is 6.70. The molecule has 3 heterocycles. The van der Waals surface area contributed by atoms with E-state index in [9.17, 15) is 21.6 Å². The fraction of sp³-hybridized carbons (Fsp3) is 0.205. The lowest BCUT2D eigenvalue weighted by Crippen LogP contribution is -2.56. The number of aromatic nitrogens is 2. The topological polar surface area (TPSA) is 124 Å². The Bertz CT molecular complexity index is 2440. The highest BCUT2D eigenvalue weighted by Crippen LogP contribution is 2.30. The number of likely N-dealkylation sites (N-methyl/N-ethyl adjacent to an activating group) is 1. The van der Waals surface area contributed by atoms with E-state index in [1.807, 2.05) is 36.4 Å². The molecule has 6 aromatic rings. The quantitative estimate of drug-likeness (QED) is 0.189. The molecule has 1 fully saturated rings. The SMILES string of the molecule is CN(c1ccc(C[C@@H](C(=O)N2CCN(c3ccccc3)CC2)N(C)S(=O)(=O)c2cccc3cnccc23)cc1)S(=O)(=O)c1cccc2cnccc12. The summed E-state index contributed by atoms with van der Waals surface area (Å²) < 4.78 is 58.6. The van der Waals surface area contributed by atoms with Crippen LogP contribution >= 0.6 is 0 Å². The molecule has 0 aliphatic carbocycles. The van der Waals surface area contributed by atoms with E-state index < -0.39 is 26.1 Å². The number of carbonyl (C=O) groups is 1. The Balaban J connectivity index is 1.17. The predicted molar refractivity (Wildman–Crippen MR) is 203 cm³/mol. The Morgan fingerprint density at radius 2 is 1.23 bits per heavy atom. The second-order valence-corrected chi connectivity index (χ2v) is 16.6. The van der Waals surface area contributed by atoms with Crippen LogP contribution in [0.4, 0.5) is 11.4 Å². The molecule has 2 aromatic heterocycles. The van der Waals surface area contributed by atoms with Crippen molar-refractivity contribution in [2.45, 2.75) is 22.3 Å². The number of pyridine rings is 2. The number of sulfonamides is 2. The summed E-state index contributed by atoms with van der Waals surface area (Å²) in [6, 6.07) is 29.2. The number of nitrogens with zero attached hydrogens (tertiary/aromatic N) is 6. The fourth-order valence-electron chi connectivity index (χ4n) is 6.72. The van der Waals surface area contributed by atoms with Crippen molar-refractivity contribution < 1.29 is 21.6 Å². The first-order chi connectivity index (χ1) is 25.1. The average molecular weight is 735 g/mol. The number of hydrogen-bond acceptors (Lipinski definition) is 8. The highest BCUT2D eigenvalue weighted by Gasteiger charge is 2.37. The summed E-state index contributed by atoms with van der Waals surface area (Å²) in [7, 11) is -5.15. The minimum absolute atomic E-state index is 0.0762. The lowest BCUT2D eigenvalue weighted by molar-refractivity contribution is -0.135. The number of anilines is 2. The molecule has 0 bridgehead atoms. The van der Waals surface area contributed by atoms with E-state index >= 15 is 0 Å². The number of rotatable bonds is 10. The van der Waals surface area contributed by atoms with Gasteiger partial charge in [-0.15, -0.1) is 0 Å². The molecule has 1 aliphatic rings. The van der Waals surface area contributed by atoms with Crippen LogP contribution in [0.1, 0.15) is 5.56 Å². The van der Waals surface area contributed by atoms with Gasteiger partial charge >= 0.3 is 0 Å². The summed E-state index contributed by atoms with van der Waals surface area (Å²) in [5, 5.41) is 2.47. The largest absolute Gasteiger partial charge is 0.368 e. The molecule has 0 N–H and O–H groups in total. The Morgan fingerprint density at radius 3 is 1.81 bits per heavy atom. The number of benzene rings is 4. The van der Waals surface area contributed by atoms with Crippen molar-refractivity contribution in [2.24, 2.45) is 0 Å². The Morgan fingerprint density at radius 1 is 0.673 bits per heavy atom. The molecule has 0 spiro atoms. The van der Waals surface area contributed by atoms with E-state index in [4.69, 9.17) is 0 Å². The maximum Gasteiger partial charge on any atom is 0.264 e. The van der Waals surface area contributed by atoms with E-state index in [2.05, 4.69) is 14.9 Å². The summed E-state index contributed by atoms with van der Waals surface area (Å²) in [4.78, 5) is 26.8. The maximum atomic E-state index is 14.4. The van der Waals surface area contributed by atoms with Gasteiger partial charge in [-0.25, -0.2) is 16.8 Å². The third-order valence-corrected chi connectivity index (χ3v) is 13.5. The van der Waals surface area contributed by atoms with Crippen LogP contribution in [0.25, 0.3) is 21.5 Å². The van der Waals surface area contributed by atoms with Crippen LogP contribution in [0.3, 0.4) is 0 Å². The average Bonchev–Trinajstić information content (AvgIpc) is 3.19. The van der Waals surface area contributed by atoms with Crippen molar-refractivity contribution in [3.05, 3.63) is 133 Å². The molecule has 0 unspecified atom stereocenters. The zero-order valence-electron chi connectivity index (χ0n) is 28.8. The molecule has 11 nitrogen and oxygen atoms in total. The Labute approximate surface area is 303 Å². The summed E-state index contributed by atoms with van der Waals surface area (Å²) in [5.41, 5.74) is 2.16. The summed E-state index contributed by atoms with van der Waals surface area (Å²) in [6.07, 6.45) is 6.42. The Hall–Kier alpha value is -5.37. The zero-order valence-corrected chi connectivity index (χ0v) is 30.4. The van der Waals surface area contributed by atoms with Crippen LogP contribution in [0.15, 0.2) is 138 Å². The zero-order chi connectivity index (χ0) is 36.5. The van der Waals surface area contributed by atoms with E-state index in [1.54, 1.807) is 96.4 Å². The van der Waals surface area contributed by atoms with Crippen LogP contribution in [-0.4, -0.2) is 88.2 Å². The summed E-state index contributed by atoms with van der Waals surface area (Å²) in [5.74, 6) is -0.296. The minimum Gasteiger partial charge on any atom is -0.368 e. The van der Waals surface area contributed by atoms with Crippen LogP contribution in [-0.2, 0) is 31.3 Å². The van der Waals surface area contributed by atoms with Crippen LogP contribution < -0.4 is 9.21 Å². The smallest absolute Gasteiger partial charge is 0.264 e. The molecule has 0 saturated carbocycles. The first kappa shape index (κ1) is 35.1. The molecule has 4 aromatic carbocycles. The van der Waals surface area contributed by atoms with Gasteiger partial charge in [-0.2, -0.15) is 4.31 Å².